The third-order valence-corrected chi connectivity index (χ3v) is 4.06. The number of nitrogens with zero attached hydrogens (tertiary/aromatic N) is 3. The van der Waals surface area contributed by atoms with Crippen molar-refractivity contribution in [1.29, 1.82) is 0 Å². The number of hydrogen-bond acceptors (Lipinski definition) is 4. The summed E-state index contributed by atoms with van der Waals surface area (Å²) >= 11 is 0. The van der Waals surface area contributed by atoms with E-state index in [9.17, 15) is 4.79 Å². The van der Waals surface area contributed by atoms with Crippen LogP contribution < -0.4 is 5.32 Å². The van der Waals surface area contributed by atoms with E-state index < -0.39 is 0 Å². The zero-order chi connectivity index (χ0) is 16.1. The molecule has 6 heteroatoms. The number of carbonyl (C=O) groups is 1. The van der Waals surface area contributed by atoms with Gasteiger partial charge in [0.25, 0.3) is 0 Å². The molecule has 3 heterocycles. The van der Waals surface area contributed by atoms with Crippen LogP contribution in [0.1, 0.15) is 36.6 Å². The van der Waals surface area contributed by atoms with Gasteiger partial charge in [0.1, 0.15) is 6.10 Å². The third kappa shape index (κ3) is 4.16. The van der Waals surface area contributed by atoms with Crippen LogP contribution in [0.25, 0.3) is 0 Å². The zero-order valence-corrected chi connectivity index (χ0v) is 13.3. The number of carbonyl (C=O) groups excluding carboxylic acids is 1. The molecule has 0 bridgehead atoms. The van der Waals surface area contributed by atoms with Crippen molar-refractivity contribution in [2.75, 3.05) is 6.61 Å². The summed E-state index contributed by atoms with van der Waals surface area (Å²) in [5, 5.41) is 7.32. The summed E-state index contributed by atoms with van der Waals surface area (Å²) in [6.45, 7) is 0.722. The Morgan fingerprint density at radius 1 is 1.48 bits per heavy atom. The molecule has 0 radical (unpaired) electrons. The smallest absolute Gasteiger partial charge is 0.220 e. The quantitative estimate of drug-likeness (QED) is 0.913. The molecule has 2 atom stereocenters. The second-order valence-corrected chi connectivity index (χ2v) is 5.88. The number of aromatic nitrogens is 3. The normalized spacial score (nSPS) is 21.1. The van der Waals surface area contributed by atoms with E-state index in [1.165, 1.54) is 0 Å². The second kappa shape index (κ2) is 7.37. The molecule has 0 unspecified atom stereocenters. The van der Waals surface area contributed by atoms with Crippen molar-refractivity contribution < 1.29 is 9.53 Å². The van der Waals surface area contributed by atoms with E-state index in [2.05, 4.69) is 15.4 Å². The number of hydrogen-bond donors (Lipinski definition) is 1. The molecule has 6 nitrogen and oxygen atoms in total. The molecule has 1 N–H and O–H groups in total. The van der Waals surface area contributed by atoms with Crippen LogP contribution in [0, 0.1) is 0 Å². The Labute approximate surface area is 135 Å². The molecule has 0 aliphatic carbocycles. The van der Waals surface area contributed by atoms with E-state index in [-0.39, 0.29) is 18.1 Å². The van der Waals surface area contributed by atoms with Crippen molar-refractivity contribution >= 4 is 5.91 Å². The lowest BCUT2D eigenvalue weighted by Crippen LogP contribution is -2.42. The average Bonchev–Trinajstić information content (AvgIpc) is 3.01. The van der Waals surface area contributed by atoms with Gasteiger partial charge in [0.05, 0.1) is 12.2 Å². The van der Waals surface area contributed by atoms with Gasteiger partial charge in [-0.15, -0.1) is 0 Å². The summed E-state index contributed by atoms with van der Waals surface area (Å²) < 4.78 is 7.63. The molecular weight excluding hydrogens is 292 g/mol. The lowest BCUT2D eigenvalue weighted by atomic mass is 9.98. The number of nitrogens with one attached hydrogen (secondary N) is 1. The van der Waals surface area contributed by atoms with Crippen LogP contribution in [0.2, 0.25) is 0 Å². The zero-order valence-electron chi connectivity index (χ0n) is 13.3. The number of pyridine rings is 1. The molecule has 1 aliphatic heterocycles. The first kappa shape index (κ1) is 15.7. The Morgan fingerprint density at radius 2 is 2.39 bits per heavy atom. The van der Waals surface area contributed by atoms with Crippen LogP contribution in [-0.4, -0.2) is 33.3 Å². The van der Waals surface area contributed by atoms with Gasteiger partial charge in [-0.1, -0.05) is 6.07 Å². The topological polar surface area (TPSA) is 69.0 Å². The van der Waals surface area contributed by atoms with E-state index in [0.29, 0.717) is 12.8 Å². The fourth-order valence-electron chi connectivity index (χ4n) is 2.91. The van der Waals surface area contributed by atoms with Crippen LogP contribution in [-0.2, 0) is 23.0 Å². The van der Waals surface area contributed by atoms with Crippen molar-refractivity contribution in [3.8, 4) is 0 Å². The van der Waals surface area contributed by atoms with Crippen LogP contribution in [0.4, 0.5) is 0 Å². The molecule has 2 aromatic rings. The minimum Gasteiger partial charge on any atom is -0.371 e. The fourth-order valence-corrected chi connectivity index (χ4v) is 2.91. The predicted octanol–water partition coefficient (Wildman–Crippen LogP) is 1.78. The second-order valence-electron chi connectivity index (χ2n) is 5.88. The highest BCUT2D eigenvalue weighted by Gasteiger charge is 2.29. The molecule has 1 saturated heterocycles. The number of aryl methyl sites for hydroxylation is 2. The maximum Gasteiger partial charge on any atom is 0.220 e. The highest BCUT2D eigenvalue weighted by Crippen LogP contribution is 2.28. The summed E-state index contributed by atoms with van der Waals surface area (Å²) in [5.74, 6) is 0.0417. The summed E-state index contributed by atoms with van der Waals surface area (Å²) in [5.41, 5.74) is 1.95. The van der Waals surface area contributed by atoms with Crippen LogP contribution in [0.15, 0.2) is 36.8 Å². The summed E-state index contributed by atoms with van der Waals surface area (Å²) in [6.07, 6.45) is 8.37. The monoisotopic (exact) mass is 314 g/mol. The molecule has 23 heavy (non-hydrogen) atoms. The molecule has 1 aliphatic rings. The van der Waals surface area contributed by atoms with Gasteiger partial charge in [-0.25, -0.2) is 0 Å². The Morgan fingerprint density at radius 3 is 3.13 bits per heavy atom. The Bertz CT molecular complexity index is 641. The predicted molar refractivity (Wildman–Crippen MR) is 85.6 cm³/mol. The van der Waals surface area contributed by atoms with Crippen molar-refractivity contribution in [3.05, 3.63) is 48.0 Å². The van der Waals surface area contributed by atoms with Crippen molar-refractivity contribution in [3.63, 3.8) is 0 Å². The van der Waals surface area contributed by atoms with Gasteiger partial charge in [-0.2, -0.15) is 5.10 Å². The molecule has 1 amide bonds. The van der Waals surface area contributed by atoms with Crippen molar-refractivity contribution in [1.82, 2.24) is 20.1 Å². The molecule has 3 rings (SSSR count). The summed E-state index contributed by atoms with van der Waals surface area (Å²) in [7, 11) is 1.88. The standard InChI is InChI=1S/C17H22N4O2/c1-21-12-13(11-19-21)17-15(6-4-10-23-17)20-16(22)8-7-14-5-2-3-9-18-14/h2-3,5,9,11-12,15,17H,4,6-8,10H2,1H3,(H,20,22)/t15-,17+/m0/s1. The maximum absolute atomic E-state index is 12.3. The van der Waals surface area contributed by atoms with Gasteiger partial charge in [0, 0.05) is 43.7 Å². The van der Waals surface area contributed by atoms with Gasteiger partial charge in [-0.05, 0) is 31.4 Å². The van der Waals surface area contributed by atoms with Crippen LogP contribution in [0.3, 0.4) is 0 Å². The van der Waals surface area contributed by atoms with E-state index >= 15 is 0 Å². The molecule has 0 aromatic carbocycles. The first-order valence-electron chi connectivity index (χ1n) is 8.02. The largest absolute Gasteiger partial charge is 0.371 e. The molecule has 122 valence electrons. The van der Waals surface area contributed by atoms with E-state index in [1.54, 1.807) is 10.9 Å². The lowest BCUT2D eigenvalue weighted by molar-refractivity contribution is -0.124. The minimum atomic E-state index is -0.115. The van der Waals surface area contributed by atoms with Gasteiger partial charge in [0.15, 0.2) is 0 Å². The van der Waals surface area contributed by atoms with E-state index in [1.807, 2.05) is 37.6 Å². The summed E-state index contributed by atoms with van der Waals surface area (Å²) in [4.78, 5) is 16.5. The highest BCUT2D eigenvalue weighted by atomic mass is 16.5. The minimum absolute atomic E-state index is 0.00387. The van der Waals surface area contributed by atoms with Gasteiger partial charge < -0.3 is 10.1 Å². The highest BCUT2D eigenvalue weighted by molar-refractivity contribution is 5.76. The SMILES string of the molecule is Cn1cc([C@H]2OCCC[C@@H]2NC(=O)CCc2ccccn2)cn1. The maximum atomic E-state index is 12.3. The van der Waals surface area contributed by atoms with Crippen molar-refractivity contribution in [2.45, 2.75) is 37.8 Å². The molecular formula is C17H22N4O2. The van der Waals surface area contributed by atoms with Gasteiger partial charge in [0.2, 0.25) is 5.91 Å². The Hall–Kier alpha value is -2.21. The first-order valence-corrected chi connectivity index (χ1v) is 8.02. The van der Waals surface area contributed by atoms with Gasteiger partial charge in [-0.3, -0.25) is 14.5 Å². The number of ether oxygens (including phenoxy) is 1. The third-order valence-electron chi connectivity index (χ3n) is 4.06. The lowest BCUT2D eigenvalue weighted by Gasteiger charge is -2.31. The van der Waals surface area contributed by atoms with Crippen molar-refractivity contribution in [2.24, 2.45) is 7.05 Å². The Balaban J connectivity index is 1.57. The summed E-state index contributed by atoms with van der Waals surface area (Å²) in [6, 6.07) is 5.76. The molecule has 0 saturated carbocycles. The van der Waals surface area contributed by atoms with E-state index in [0.717, 1.165) is 30.7 Å². The molecule has 1 fully saturated rings. The van der Waals surface area contributed by atoms with Crippen LogP contribution >= 0.6 is 0 Å². The first-order chi connectivity index (χ1) is 11.2. The number of rotatable bonds is 5. The number of amides is 1. The van der Waals surface area contributed by atoms with Crippen LogP contribution in [0.5, 0.6) is 0 Å². The van der Waals surface area contributed by atoms with E-state index in [4.69, 9.17) is 4.74 Å². The molecule has 2 aromatic heterocycles. The molecule has 0 spiro atoms. The van der Waals surface area contributed by atoms with Gasteiger partial charge >= 0.3 is 0 Å². The Kier molecular flexibility index (Phi) is 5.02. The average molecular weight is 314 g/mol. The fraction of sp³-hybridized carbons (Fsp3) is 0.471.